The molecule has 28 heavy (non-hydrogen) atoms. The number of nitrogens with zero attached hydrogens (tertiary/aromatic N) is 3. The second-order valence-electron chi connectivity index (χ2n) is 7.09. The number of carboxylic acid groups (broad SMARTS) is 1. The van der Waals surface area contributed by atoms with Crippen LogP contribution < -0.4 is 0 Å². The number of thioether (sulfide) groups is 1. The van der Waals surface area contributed by atoms with Gasteiger partial charge in [-0.2, -0.15) is 0 Å². The summed E-state index contributed by atoms with van der Waals surface area (Å²) in [6.07, 6.45) is 2.75. The molecule has 10 heteroatoms. The number of aliphatic hydroxyl groups excluding tert-OH is 1. The summed E-state index contributed by atoms with van der Waals surface area (Å²) in [6, 6.07) is -0.375. The molecule has 0 aliphatic carbocycles. The predicted molar refractivity (Wildman–Crippen MR) is 104 cm³/mol. The highest BCUT2D eigenvalue weighted by Gasteiger charge is 2.60. The largest absolute Gasteiger partial charge is 0.477 e. The van der Waals surface area contributed by atoms with Crippen LogP contribution in [0.4, 0.5) is 0 Å². The number of carbonyl (C=O) groups excluding carboxylic acids is 2. The van der Waals surface area contributed by atoms with E-state index in [0.717, 1.165) is 4.83 Å². The van der Waals surface area contributed by atoms with Crippen LogP contribution in [-0.2, 0) is 9.59 Å². The molecule has 2 aromatic heterocycles. The maximum Gasteiger partial charge on any atom is 0.352 e. The van der Waals surface area contributed by atoms with Crippen LogP contribution in [0.1, 0.15) is 36.3 Å². The van der Waals surface area contributed by atoms with Gasteiger partial charge in [-0.3, -0.25) is 14.0 Å². The minimum Gasteiger partial charge on any atom is -0.477 e. The highest BCUT2D eigenvalue weighted by Crippen LogP contribution is 2.51. The lowest BCUT2D eigenvalue weighted by Crippen LogP contribution is -2.63. The van der Waals surface area contributed by atoms with Crippen LogP contribution in [-0.4, -0.2) is 60.6 Å². The van der Waals surface area contributed by atoms with Gasteiger partial charge in [0.05, 0.1) is 22.9 Å². The zero-order chi connectivity index (χ0) is 20.5. The maximum absolute atomic E-state index is 12.5. The van der Waals surface area contributed by atoms with E-state index in [4.69, 9.17) is 0 Å². The molecule has 1 fully saturated rings. The van der Waals surface area contributed by atoms with Crippen molar-refractivity contribution in [3.8, 4) is 0 Å². The molecule has 0 bridgehead atoms. The van der Waals surface area contributed by atoms with E-state index in [0.29, 0.717) is 21.3 Å². The Kier molecular flexibility index (Phi) is 4.40. The molecule has 0 aromatic carbocycles. The fourth-order valence-corrected chi connectivity index (χ4v) is 6.21. The van der Waals surface area contributed by atoms with E-state index in [1.807, 2.05) is 13.2 Å². The van der Waals surface area contributed by atoms with Gasteiger partial charge in [-0.25, -0.2) is 9.78 Å². The van der Waals surface area contributed by atoms with Crippen molar-refractivity contribution in [2.24, 2.45) is 11.8 Å². The number of aromatic nitrogens is 2. The normalized spacial score (nSPS) is 25.2. The highest BCUT2D eigenvalue weighted by atomic mass is 32.2. The Morgan fingerprint density at radius 1 is 1.39 bits per heavy atom. The predicted octanol–water partition coefficient (Wildman–Crippen LogP) is 1.97. The van der Waals surface area contributed by atoms with Gasteiger partial charge >= 0.3 is 5.97 Å². The van der Waals surface area contributed by atoms with E-state index in [9.17, 15) is 24.6 Å². The second kappa shape index (κ2) is 6.43. The number of Topliss-reactive ketones (excluding diaryl/α,β-unsaturated/α-hetero) is 1. The van der Waals surface area contributed by atoms with E-state index in [1.165, 1.54) is 34.9 Å². The standard InChI is InChI=1S/C18H19N3O5S2/c1-6-10(13(18(25)26)21-12(6)11(7(2)22)16(21)24)9-5-20-14(8(3)23)19-15(27-4)17(20)28-9/h5-7,11-12,22H,1-4H3,(H,25,26)/t6-,7+,11+,12+/m0/s1. The SMILES string of the molecule is CSc1nc(C(C)=O)n2cc(C3=C(C(=O)O)N4C(=O)[C@H]([C@@H](C)O)[C@H]4[C@H]3C)sc12. The molecule has 1 amide bonds. The van der Waals surface area contributed by atoms with Crippen molar-refractivity contribution >= 4 is 51.2 Å². The van der Waals surface area contributed by atoms with Crippen molar-refractivity contribution in [1.82, 2.24) is 14.3 Å². The van der Waals surface area contributed by atoms with Gasteiger partial charge in [0, 0.05) is 24.6 Å². The summed E-state index contributed by atoms with van der Waals surface area (Å²) in [5.41, 5.74) is 0.524. The van der Waals surface area contributed by atoms with Gasteiger partial charge in [0.1, 0.15) is 15.6 Å². The Hall–Kier alpha value is -2.17. The van der Waals surface area contributed by atoms with Gasteiger partial charge < -0.3 is 15.1 Å². The van der Waals surface area contributed by atoms with Crippen molar-refractivity contribution in [2.45, 2.75) is 37.9 Å². The molecular weight excluding hydrogens is 402 g/mol. The lowest BCUT2D eigenvalue weighted by molar-refractivity contribution is -0.163. The van der Waals surface area contributed by atoms with Crippen molar-refractivity contribution in [3.63, 3.8) is 0 Å². The van der Waals surface area contributed by atoms with Gasteiger partial charge in [0.25, 0.3) is 0 Å². The van der Waals surface area contributed by atoms with Crippen LogP contribution in [0.3, 0.4) is 0 Å². The molecule has 2 N–H and O–H groups in total. The van der Waals surface area contributed by atoms with Gasteiger partial charge in [0.15, 0.2) is 11.6 Å². The summed E-state index contributed by atoms with van der Waals surface area (Å²) in [6.45, 7) is 4.86. The molecule has 2 aliphatic rings. The van der Waals surface area contributed by atoms with Crippen LogP contribution >= 0.6 is 23.1 Å². The number of fused-ring (bicyclic) bond motifs is 2. The number of aliphatic carboxylic acids is 1. The van der Waals surface area contributed by atoms with E-state index >= 15 is 0 Å². The van der Waals surface area contributed by atoms with Crippen LogP contribution in [0.25, 0.3) is 10.4 Å². The number of thiazole rings is 1. The summed E-state index contributed by atoms with van der Waals surface area (Å²) in [5, 5.41) is 20.5. The number of amides is 1. The number of β-lactam (4-membered cyclic amide) rings is 1. The van der Waals surface area contributed by atoms with E-state index in [1.54, 1.807) is 17.5 Å². The highest BCUT2D eigenvalue weighted by molar-refractivity contribution is 7.98. The smallest absolute Gasteiger partial charge is 0.352 e. The molecule has 2 aromatic rings. The molecule has 8 nitrogen and oxygen atoms in total. The Labute approximate surface area is 168 Å². The van der Waals surface area contributed by atoms with Gasteiger partial charge in [-0.1, -0.05) is 6.92 Å². The van der Waals surface area contributed by atoms with Crippen LogP contribution in [0.15, 0.2) is 16.9 Å². The van der Waals surface area contributed by atoms with E-state index in [-0.39, 0.29) is 29.3 Å². The molecule has 4 heterocycles. The Bertz CT molecular complexity index is 1070. The zero-order valence-electron chi connectivity index (χ0n) is 15.7. The third-order valence-corrected chi connectivity index (χ3v) is 7.37. The monoisotopic (exact) mass is 421 g/mol. The number of hydrogen-bond donors (Lipinski definition) is 2. The first-order chi connectivity index (χ1) is 13.2. The molecule has 1 saturated heterocycles. The Morgan fingerprint density at radius 3 is 2.61 bits per heavy atom. The molecule has 0 saturated carbocycles. The summed E-state index contributed by atoms with van der Waals surface area (Å²) in [4.78, 5) is 43.6. The van der Waals surface area contributed by atoms with E-state index < -0.39 is 18.0 Å². The fourth-order valence-electron chi connectivity index (χ4n) is 4.26. The molecule has 0 radical (unpaired) electrons. The number of carbonyl (C=O) groups is 3. The summed E-state index contributed by atoms with van der Waals surface area (Å²) < 4.78 is 1.69. The van der Waals surface area contributed by atoms with Gasteiger partial charge in [0.2, 0.25) is 5.91 Å². The summed E-state index contributed by atoms with van der Waals surface area (Å²) >= 11 is 2.77. The van der Waals surface area contributed by atoms with Crippen LogP contribution in [0.2, 0.25) is 0 Å². The van der Waals surface area contributed by atoms with Crippen molar-refractivity contribution in [1.29, 1.82) is 0 Å². The fraction of sp³-hybridized carbons (Fsp3) is 0.444. The molecule has 0 unspecified atom stereocenters. The number of rotatable bonds is 5. The number of imidazole rings is 1. The first-order valence-electron chi connectivity index (χ1n) is 8.74. The average molecular weight is 422 g/mol. The number of ketones is 1. The topological polar surface area (TPSA) is 112 Å². The van der Waals surface area contributed by atoms with E-state index in [2.05, 4.69) is 4.98 Å². The summed E-state index contributed by atoms with van der Waals surface area (Å²) in [5.74, 6) is -2.28. The zero-order valence-corrected chi connectivity index (χ0v) is 17.3. The maximum atomic E-state index is 12.5. The average Bonchev–Trinajstić information content (AvgIpc) is 3.22. The van der Waals surface area contributed by atoms with Crippen LogP contribution in [0, 0.1) is 11.8 Å². The third kappa shape index (κ3) is 2.41. The van der Waals surface area contributed by atoms with Crippen LogP contribution in [0.5, 0.6) is 0 Å². The molecule has 0 spiro atoms. The Balaban J connectivity index is 1.90. The third-order valence-electron chi connectivity index (χ3n) is 5.44. The Morgan fingerprint density at radius 2 is 2.07 bits per heavy atom. The van der Waals surface area contributed by atoms with Crippen molar-refractivity contribution in [3.05, 3.63) is 22.6 Å². The van der Waals surface area contributed by atoms with Gasteiger partial charge in [-0.15, -0.1) is 23.1 Å². The van der Waals surface area contributed by atoms with Gasteiger partial charge in [-0.05, 0) is 13.2 Å². The summed E-state index contributed by atoms with van der Waals surface area (Å²) in [7, 11) is 0. The molecule has 4 rings (SSSR count). The lowest BCUT2D eigenvalue weighted by Gasteiger charge is -2.46. The minimum atomic E-state index is -1.17. The molecule has 148 valence electrons. The first-order valence-corrected chi connectivity index (χ1v) is 10.8. The number of aliphatic hydroxyl groups is 1. The molecular formula is C18H19N3O5S2. The van der Waals surface area contributed by atoms with Crippen molar-refractivity contribution < 1.29 is 24.6 Å². The minimum absolute atomic E-state index is 0.0352. The first kappa shape index (κ1) is 19.2. The molecule has 2 aliphatic heterocycles. The lowest BCUT2D eigenvalue weighted by atomic mass is 9.77. The second-order valence-corrected chi connectivity index (χ2v) is 8.92. The molecule has 4 atom stereocenters. The van der Waals surface area contributed by atoms with Crippen molar-refractivity contribution in [2.75, 3.05) is 6.26 Å². The quantitative estimate of drug-likeness (QED) is 0.431. The number of hydrogen-bond acceptors (Lipinski definition) is 7. The number of carboxylic acids is 1.